The van der Waals surface area contributed by atoms with Crippen molar-refractivity contribution in [2.45, 2.75) is 12.8 Å². The third-order valence-electron chi connectivity index (χ3n) is 3.04. The zero-order chi connectivity index (χ0) is 17.9. The molecule has 1 heterocycles. The van der Waals surface area contributed by atoms with E-state index in [0.29, 0.717) is 9.52 Å². The van der Waals surface area contributed by atoms with Gasteiger partial charge in [-0.2, -0.15) is 0 Å². The fourth-order valence-electron chi connectivity index (χ4n) is 1.96. The molecule has 0 fully saturated rings. The molecule has 12 heteroatoms. The fourth-order valence-corrected chi connectivity index (χ4v) is 2.75. The van der Waals surface area contributed by atoms with E-state index in [1.807, 2.05) is 0 Å². The lowest BCUT2D eigenvalue weighted by Crippen LogP contribution is -2.18. The number of nitrogen functional groups attached to an aromatic ring is 1. The molecule has 6 N–H and O–H groups in total. The number of aromatic amines is 1. The minimum absolute atomic E-state index is 0.00379. The maximum atomic E-state index is 12.4. The van der Waals surface area contributed by atoms with Crippen molar-refractivity contribution >= 4 is 51.9 Å². The normalized spacial score (nSPS) is 10.3. The molecular weight excluding hydrogens is 356 g/mol. The van der Waals surface area contributed by atoms with Gasteiger partial charge in [-0.05, 0) is 24.2 Å². The molecule has 0 saturated heterocycles. The minimum Gasteiger partial charge on any atom is -0.398 e. The largest absolute Gasteiger partial charge is 0.398 e. The van der Waals surface area contributed by atoms with E-state index in [1.165, 1.54) is 6.07 Å². The molecule has 0 unspecified atom stereocenters. The summed E-state index contributed by atoms with van der Waals surface area (Å²) in [4.78, 5) is 33.7. The highest BCUT2D eigenvalue weighted by Crippen LogP contribution is 2.29. The average Bonchev–Trinajstić information content (AvgIpc) is 2.90. The first kappa shape index (κ1) is 17.5. The number of primary amides is 1. The number of anilines is 2. The number of nitro benzene ring substituents is 1. The topological polar surface area (TPSA) is 170 Å². The molecule has 2 aromatic rings. The van der Waals surface area contributed by atoms with Gasteiger partial charge in [0.1, 0.15) is 5.56 Å². The van der Waals surface area contributed by atoms with Crippen molar-refractivity contribution in [2.24, 2.45) is 5.73 Å². The Kier molecular flexibility index (Phi) is 5.21. The number of nitro groups is 1. The number of nitrogens with one attached hydrogen (secondary N) is 2. The summed E-state index contributed by atoms with van der Waals surface area (Å²) in [5, 5.41) is 20.0. The highest BCUT2D eigenvalue weighted by Gasteiger charge is 2.26. The number of nitrogens with zero attached hydrogens (tertiary/aromatic N) is 2. The predicted octanol–water partition coefficient (Wildman–Crippen LogP) is 1.36. The number of hydrogen-bond donors (Lipinski definition) is 4. The second kappa shape index (κ2) is 7.14. The third kappa shape index (κ3) is 3.91. The lowest BCUT2D eigenvalue weighted by atomic mass is 10.0. The molecule has 0 aliphatic rings. The van der Waals surface area contributed by atoms with E-state index < -0.39 is 22.4 Å². The summed E-state index contributed by atoms with van der Waals surface area (Å²) in [6.07, 6.45) is 0.171. The molecule has 0 spiro atoms. The number of carbonyl (C=O) groups excluding carboxylic acids is 2. The van der Waals surface area contributed by atoms with Crippen LogP contribution in [0.15, 0.2) is 12.1 Å². The Morgan fingerprint density at radius 2 is 2.17 bits per heavy atom. The highest BCUT2D eigenvalue weighted by atomic mass is 32.1. The van der Waals surface area contributed by atoms with E-state index in [9.17, 15) is 19.7 Å². The van der Waals surface area contributed by atoms with Crippen molar-refractivity contribution in [3.05, 3.63) is 37.3 Å². The molecule has 24 heavy (non-hydrogen) atoms. The van der Waals surface area contributed by atoms with Crippen LogP contribution in [-0.2, 0) is 11.2 Å². The fraction of sp³-hybridized carbons (Fsp3) is 0.167. The van der Waals surface area contributed by atoms with Gasteiger partial charge < -0.3 is 11.5 Å². The summed E-state index contributed by atoms with van der Waals surface area (Å²) in [5.41, 5.74) is 10.6. The van der Waals surface area contributed by atoms with Gasteiger partial charge >= 0.3 is 0 Å². The van der Waals surface area contributed by atoms with Crippen LogP contribution in [-0.4, -0.2) is 26.9 Å². The van der Waals surface area contributed by atoms with E-state index in [2.05, 4.69) is 15.5 Å². The third-order valence-corrected chi connectivity index (χ3v) is 4.04. The molecule has 0 bridgehead atoms. The maximum Gasteiger partial charge on any atom is 0.284 e. The molecule has 2 amide bonds. The second-order valence-corrected chi connectivity index (χ2v) is 6.29. The lowest BCUT2D eigenvalue weighted by Gasteiger charge is -2.10. The summed E-state index contributed by atoms with van der Waals surface area (Å²) in [6.45, 7) is 0. The molecule has 126 valence electrons. The van der Waals surface area contributed by atoms with E-state index >= 15 is 0 Å². The highest BCUT2D eigenvalue weighted by molar-refractivity contribution is 7.73. The second-order valence-electron chi connectivity index (χ2n) is 4.63. The Bertz CT molecular complexity index is 875. The zero-order valence-electron chi connectivity index (χ0n) is 12.1. The van der Waals surface area contributed by atoms with Crippen LogP contribution in [0.1, 0.15) is 22.3 Å². The average molecular weight is 368 g/mol. The van der Waals surface area contributed by atoms with Gasteiger partial charge in [-0.3, -0.25) is 30.1 Å². The monoisotopic (exact) mass is 368 g/mol. The summed E-state index contributed by atoms with van der Waals surface area (Å²) in [6, 6.07) is 2.56. The molecule has 0 saturated carbocycles. The van der Waals surface area contributed by atoms with Gasteiger partial charge in [0.2, 0.25) is 11.0 Å². The van der Waals surface area contributed by atoms with Crippen LogP contribution in [0.25, 0.3) is 0 Å². The lowest BCUT2D eigenvalue weighted by molar-refractivity contribution is -0.385. The number of aromatic nitrogens is 2. The molecule has 2 rings (SSSR count). The Morgan fingerprint density at radius 3 is 2.71 bits per heavy atom. The molecule has 0 atom stereocenters. The van der Waals surface area contributed by atoms with Crippen LogP contribution in [0.2, 0.25) is 0 Å². The van der Waals surface area contributed by atoms with Gasteiger partial charge in [0.25, 0.3) is 11.6 Å². The number of carbonyl (C=O) groups is 2. The summed E-state index contributed by atoms with van der Waals surface area (Å²) in [7, 11) is 0. The van der Waals surface area contributed by atoms with Crippen LogP contribution >= 0.6 is 23.6 Å². The molecule has 0 radical (unpaired) electrons. The number of benzene rings is 1. The van der Waals surface area contributed by atoms with Gasteiger partial charge in [0.15, 0.2) is 3.95 Å². The molecule has 10 nitrogen and oxygen atoms in total. The maximum absolute atomic E-state index is 12.4. The van der Waals surface area contributed by atoms with Gasteiger partial charge in [-0.15, -0.1) is 5.10 Å². The summed E-state index contributed by atoms with van der Waals surface area (Å²) >= 11 is 5.84. The van der Waals surface area contributed by atoms with Gasteiger partial charge in [0.05, 0.1) is 10.6 Å². The molecule has 1 aromatic heterocycles. The molecule has 0 aliphatic heterocycles. The van der Waals surface area contributed by atoms with Crippen LogP contribution in [0, 0.1) is 14.1 Å². The van der Waals surface area contributed by atoms with E-state index in [-0.39, 0.29) is 29.2 Å². The summed E-state index contributed by atoms with van der Waals surface area (Å²) in [5.74, 6) is -1.34. The number of nitrogens with two attached hydrogens (primary N) is 2. The molecule has 1 aromatic carbocycles. The van der Waals surface area contributed by atoms with E-state index in [0.717, 1.165) is 17.4 Å². The van der Waals surface area contributed by atoms with Crippen molar-refractivity contribution in [2.75, 3.05) is 11.1 Å². The van der Waals surface area contributed by atoms with Crippen LogP contribution < -0.4 is 16.8 Å². The number of H-pyrrole nitrogens is 1. The quantitative estimate of drug-likeness (QED) is 0.258. The number of aryl methyl sites for hydroxylation is 1. The molecular formula is C12H12N6O4S2. The Hall–Kier alpha value is -2.86. The van der Waals surface area contributed by atoms with Gasteiger partial charge in [-0.25, -0.2) is 0 Å². The van der Waals surface area contributed by atoms with Gasteiger partial charge in [0, 0.05) is 12.5 Å². The molecule has 0 aliphatic carbocycles. The van der Waals surface area contributed by atoms with Crippen molar-refractivity contribution < 1.29 is 14.5 Å². The van der Waals surface area contributed by atoms with Crippen molar-refractivity contribution in [1.29, 1.82) is 0 Å². The first-order valence-corrected chi connectivity index (χ1v) is 7.73. The van der Waals surface area contributed by atoms with Gasteiger partial charge in [-0.1, -0.05) is 17.4 Å². The van der Waals surface area contributed by atoms with Crippen LogP contribution in [0.4, 0.5) is 16.5 Å². The van der Waals surface area contributed by atoms with Crippen LogP contribution in [0.5, 0.6) is 0 Å². The minimum atomic E-state index is -0.794. The van der Waals surface area contributed by atoms with Crippen molar-refractivity contribution in [1.82, 2.24) is 10.2 Å². The van der Waals surface area contributed by atoms with Crippen LogP contribution in [0.3, 0.4) is 0 Å². The van der Waals surface area contributed by atoms with E-state index in [1.54, 1.807) is 0 Å². The SMILES string of the molecule is NC(=O)CCc1ccc([N+](=O)[O-])c(C(=O)Nc2n[nH]c(=S)s2)c1N. The first-order valence-electron chi connectivity index (χ1n) is 6.50. The number of hydrogen-bond acceptors (Lipinski definition) is 8. The predicted molar refractivity (Wildman–Crippen MR) is 90.3 cm³/mol. The smallest absolute Gasteiger partial charge is 0.284 e. The standard InChI is InChI=1S/C12H12N6O4S2/c13-7(19)4-2-5-1-3-6(18(21)22)8(9(5)14)10(20)15-11-16-17-12(23)24-11/h1,3H,2,4,14H2,(H2,13,19)(H,17,23)(H,15,16,20). The first-order chi connectivity index (χ1) is 11.3. The zero-order valence-corrected chi connectivity index (χ0v) is 13.7. The Morgan fingerprint density at radius 1 is 1.46 bits per heavy atom. The van der Waals surface area contributed by atoms with Crippen molar-refractivity contribution in [3.63, 3.8) is 0 Å². The summed E-state index contributed by atoms with van der Waals surface area (Å²) < 4.78 is 0.336. The Labute approximate surface area is 144 Å². The van der Waals surface area contributed by atoms with Crippen molar-refractivity contribution in [3.8, 4) is 0 Å². The Balaban J connectivity index is 2.41. The number of amides is 2. The van der Waals surface area contributed by atoms with E-state index in [4.69, 9.17) is 23.7 Å². The number of rotatable bonds is 6.